The van der Waals surface area contributed by atoms with Crippen molar-refractivity contribution < 1.29 is 23.9 Å². The minimum atomic E-state index is -0.703. The second-order valence-corrected chi connectivity index (χ2v) is 6.61. The monoisotopic (exact) mass is 392 g/mol. The Bertz CT molecular complexity index is 592. The minimum Gasteiger partial charge on any atom is -0.467 e. The maximum atomic E-state index is 12.0. The SMILES string of the molecule is CCCCCCCC[C@@H](NC(=O)CNC(=O)OCc1ccccc1)C(=O)OC. The number of amides is 2. The van der Waals surface area contributed by atoms with E-state index in [2.05, 4.69) is 17.6 Å². The highest BCUT2D eigenvalue weighted by atomic mass is 16.5. The van der Waals surface area contributed by atoms with E-state index in [0.717, 1.165) is 24.8 Å². The Hall–Kier alpha value is -2.57. The molecule has 0 unspecified atom stereocenters. The summed E-state index contributed by atoms with van der Waals surface area (Å²) in [4.78, 5) is 35.6. The largest absolute Gasteiger partial charge is 0.467 e. The first-order valence-electron chi connectivity index (χ1n) is 9.88. The lowest BCUT2D eigenvalue weighted by atomic mass is 10.1. The molecule has 0 aliphatic rings. The van der Waals surface area contributed by atoms with Crippen LogP contribution >= 0.6 is 0 Å². The van der Waals surface area contributed by atoms with Crippen LogP contribution in [0.2, 0.25) is 0 Å². The third kappa shape index (κ3) is 10.5. The van der Waals surface area contributed by atoms with Crippen molar-refractivity contribution in [2.45, 2.75) is 64.5 Å². The summed E-state index contributed by atoms with van der Waals surface area (Å²) in [6.45, 7) is 2.02. The van der Waals surface area contributed by atoms with E-state index >= 15 is 0 Å². The maximum Gasteiger partial charge on any atom is 0.407 e. The number of esters is 1. The fourth-order valence-electron chi connectivity index (χ4n) is 2.69. The Morgan fingerprint density at radius 2 is 1.68 bits per heavy atom. The van der Waals surface area contributed by atoms with Crippen LogP contribution in [0.5, 0.6) is 0 Å². The van der Waals surface area contributed by atoms with Gasteiger partial charge >= 0.3 is 12.1 Å². The van der Waals surface area contributed by atoms with Crippen LogP contribution < -0.4 is 10.6 Å². The van der Waals surface area contributed by atoms with E-state index in [1.165, 1.54) is 26.4 Å². The van der Waals surface area contributed by atoms with Gasteiger partial charge < -0.3 is 20.1 Å². The molecule has 7 heteroatoms. The van der Waals surface area contributed by atoms with Crippen molar-refractivity contribution in [2.75, 3.05) is 13.7 Å². The van der Waals surface area contributed by atoms with Crippen LogP contribution in [0, 0.1) is 0 Å². The van der Waals surface area contributed by atoms with Crippen molar-refractivity contribution in [3.63, 3.8) is 0 Å². The van der Waals surface area contributed by atoms with Crippen LogP contribution in [0.15, 0.2) is 30.3 Å². The summed E-state index contributed by atoms with van der Waals surface area (Å²) in [6, 6.07) is 8.54. The first kappa shape index (κ1) is 23.5. The van der Waals surface area contributed by atoms with Crippen LogP contribution in [0.4, 0.5) is 4.79 Å². The predicted molar refractivity (Wildman–Crippen MR) is 107 cm³/mol. The summed E-state index contributed by atoms with van der Waals surface area (Å²) in [5.74, 6) is -0.938. The first-order chi connectivity index (χ1) is 13.6. The van der Waals surface area contributed by atoms with Crippen LogP contribution in [0.25, 0.3) is 0 Å². The average molecular weight is 392 g/mol. The number of hydrogen-bond donors (Lipinski definition) is 2. The zero-order valence-electron chi connectivity index (χ0n) is 16.9. The van der Waals surface area contributed by atoms with E-state index in [9.17, 15) is 14.4 Å². The van der Waals surface area contributed by atoms with E-state index in [-0.39, 0.29) is 13.2 Å². The normalized spacial score (nSPS) is 11.4. The van der Waals surface area contributed by atoms with E-state index in [4.69, 9.17) is 9.47 Å². The van der Waals surface area contributed by atoms with Crippen molar-refractivity contribution in [3.05, 3.63) is 35.9 Å². The topological polar surface area (TPSA) is 93.7 Å². The number of carbonyl (C=O) groups excluding carboxylic acids is 3. The Morgan fingerprint density at radius 3 is 2.36 bits per heavy atom. The fraction of sp³-hybridized carbons (Fsp3) is 0.571. The van der Waals surface area contributed by atoms with Gasteiger partial charge in [0.05, 0.1) is 7.11 Å². The molecular weight excluding hydrogens is 360 g/mol. The van der Waals surface area contributed by atoms with Gasteiger partial charge in [-0.05, 0) is 12.0 Å². The lowest BCUT2D eigenvalue weighted by molar-refractivity contribution is -0.145. The van der Waals surface area contributed by atoms with Gasteiger partial charge in [-0.3, -0.25) is 4.79 Å². The van der Waals surface area contributed by atoms with Gasteiger partial charge in [-0.25, -0.2) is 9.59 Å². The zero-order chi connectivity index (χ0) is 20.6. The second kappa shape index (κ2) is 14.5. The molecule has 28 heavy (non-hydrogen) atoms. The molecule has 1 atom stereocenters. The number of alkyl carbamates (subject to hydrolysis) is 1. The highest BCUT2D eigenvalue weighted by Gasteiger charge is 2.21. The van der Waals surface area contributed by atoms with Crippen LogP contribution in [-0.2, 0) is 25.7 Å². The van der Waals surface area contributed by atoms with Gasteiger partial charge in [-0.2, -0.15) is 0 Å². The molecule has 0 aliphatic carbocycles. The molecular formula is C21H32N2O5. The molecule has 0 bridgehead atoms. The summed E-state index contributed by atoms with van der Waals surface area (Å²) in [7, 11) is 1.29. The number of carbonyl (C=O) groups is 3. The molecule has 156 valence electrons. The molecule has 7 nitrogen and oxygen atoms in total. The highest BCUT2D eigenvalue weighted by Crippen LogP contribution is 2.09. The van der Waals surface area contributed by atoms with Gasteiger partial charge in [0.15, 0.2) is 0 Å². The Kier molecular flexibility index (Phi) is 12.1. The Morgan fingerprint density at radius 1 is 1.00 bits per heavy atom. The molecule has 0 aromatic heterocycles. The molecule has 1 aromatic rings. The number of nitrogens with one attached hydrogen (secondary N) is 2. The molecule has 2 N–H and O–H groups in total. The summed E-state index contributed by atoms with van der Waals surface area (Å²) >= 11 is 0. The van der Waals surface area contributed by atoms with E-state index in [1.54, 1.807) is 0 Å². The molecule has 2 amide bonds. The van der Waals surface area contributed by atoms with Crippen molar-refractivity contribution in [3.8, 4) is 0 Å². The van der Waals surface area contributed by atoms with Gasteiger partial charge in [0.25, 0.3) is 0 Å². The van der Waals surface area contributed by atoms with Gasteiger partial charge in [-0.15, -0.1) is 0 Å². The van der Waals surface area contributed by atoms with Gasteiger partial charge in [-0.1, -0.05) is 75.8 Å². The lowest BCUT2D eigenvalue weighted by Crippen LogP contribution is -2.46. The van der Waals surface area contributed by atoms with Crippen molar-refractivity contribution in [1.82, 2.24) is 10.6 Å². The number of ether oxygens (including phenoxy) is 2. The fourth-order valence-corrected chi connectivity index (χ4v) is 2.69. The lowest BCUT2D eigenvalue weighted by Gasteiger charge is -2.16. The van der Waals surface area contributed by atoms with Crippen molar-refractivity contribution in [1.29, 1.82) is 0 Å². The third-order valence-electron chi connectivity index (χ3n) is 4.27. The van der Waals surface area contributed by atoms with E-state index in [0.29, 0.717) is 6.42 Å². The standard InChI is InChI=1S/C21H32N2O5/c1-3-4-5-6-7-11-14-18(20(25)27-2)23-19(24)15-22-21(26)28-16-17-12-9-8-10-13-17/h8-10,12-13,18H,3-7,11,14-16H2,1-2H3,(H,22,26)(H,23,24)/t18-/m1/s1. The molecule has 0 aliphatic heterocycles. The summed E-state index contributed by atoms with van der Waals surface area (Å²) in [5, 5.41) is 5.00. The van der Waals surface area contributed by atoms with Crippen LogP contribution in [0.3, 0.4) is 0 Å². The molecule has 0 spiro atoms. The molecule has 0 saturated heterocycles. The average Bonchev–Trinajstić information content (AvgIpc) is 2.72. The second-order valence-electron chi connectivity index (χ2n) is 6.61. The number of unbranched alkanes of at least 4 members (excludes halogenated alkanes) is 5. The Labute approximate surface area is 167 Å². The molecule has 0 radical (unpaired) electrons. The summed E-state index contributed by atoms with van der Waals surface area (Å²) in [5.41, 5.74) is 0.854. The number of benzene rings is 1. The molecule has 1 aromatic carbocycles. The zero-order valence-corrected chi connectivity index (χ0v) is 16.9. The van der Waals surface area contributed by atoms with Crippen LogP contribution in [0.1, 0.15) is 57.4 Å². The quantitative estimate of drug-likeness (QED) is 0.397. The predicted octanol–water partition coefficient (Wildman–Crippen LogP) is 3.32. The van der Waals surface area contributed by atoms with E-state index in [1.807, 2.05) is 30.3 Å². The summed E-state index contributed by atoms with van der Waals surface area (Å²) in [6.07, 6.45) is 6.35. The van der Waals surface area contributed by atoms with Gasteiger partial charge in [0.1, 0.15) is 19.2 Å². The first-order valence-corrected chi connectivity index (χ1v) is 9.88. The van der Waals surface area contributed by atoms with Gasteiger partial charge in [0, 0.05) is 0 Å². The molecule has 0 saturated carbocycles. The minimum absolute atomic E-state index is 0.122. The molecule has 0 heterocycles. The van der Waals surface area contributed by atoms with Crippen LogP contribution in [-0.4, -0.2) is 37.7 Å². The number of hydrogen-bond acceptors (Lipinski definition) is 5. The summed E-state index contributed by atoms with van der Waals surface area (Å²) < 4.78 is 9.80. The highest BCUT2D eigenvalue weighted by molar-refractivity contribution is 5.87. The maximum absolute atomic E-state index is 12.0. The number of methoxy groups -OCH3 is 1. The van der Waals surface area contributed by atoms with Crippen molar-refractivity contribution >= 4 is 18.0 Å². The molecule has 0 fully saturated rings. The smallest absolute Gasteiger partial charge is 0.407 e. The van der Waals surface area contributed by atoms with Gasteiger partial charge in [0.2, 0.25) is 5.91 Å². The molecule has 1 rings (SSSR count). The van der Waals surface area contributed by atoms with E-state index < -0.39 is 24.0 Å². The third-order valence-corrected chi connectivity index (χ3v) is 4.27. The number of rotatable bonds is 13. The van der Waals surface area contributed by atoms with Crippen molar-refractivity contribution in [2.24, 2.45) is 0 Å². The Balaban J connectivity index is 2.29.